The molecule has 7 heteroatoms. The van der Waals surface area contributed by atoms with Gasteiger partial charge in [0, 0.05) is 18.9 Å². The highest BCUT2D eigenvalue weighted by molar-refractivity contribution is 5.94. The number of aromatic amines is 1. The van der Waals surface area contributed by atoms with Crippen molar-refractivity contribution in [3.8, 4) is 0 Å². The summed E-state index contributed by atoms with van der Waals surface area (Å²) >= 11 is 0. The van der Waals surface area contributed by atoms with Gasteiger partial charge in [-0.3, -0.25) is 4.79 Å². The molecule has 0 saturated carbocycles. The number of likely N-dealkylation sites (tertiary alicyclic amines) is 1. The zero-order valence-corrected chi connectivity index (χ0v) is 12.0. The molecule has 4 nitrogen and oxygen atoms in total. The molecular weight excluding hydrogens is 309 g/mol. The molecule has 1 saturated heterocycles. The van der Waals surface area contributed by atoms with Crippen molar-refractivity contribution in [1.82, 2.24) is 9.88 Å². The molecule has 2 heterocycles. The lowest BCUT2D eigenvalue weighted by atomic mass is 10.0. The van der Waals surface area contributed by atoms with Gasteiger partial charge in [-0.05, 0) is 30.2 Å². The summed E-state index contributed by atoms with van der Waals surface area (Å²) in [5, 5.41) is 9.88. The lowest BCUT2D eigenvalue weighted by molar-refractivity contribution is -0.137. The van der Waals surface area contributed by atoms with Crippen LogP contribution in [0.2, 0.25) is 0 Å². The van der Waals surface area contributed by atoms with Crippen molar-refractivity contribution in [2.75, 3.05) is 6.54 Å². The van der Waals surface area contributed by atoms with E-state index in [0.29, 0.717) is 17.5 Å². The monoisotopic (exact) mass is 324 g/mol. The van der Waals surface area contributed by atoms with Gasteiger partial charge in [0.25, 0.3) is 5.91 Å². The number of amides is 1. The van der Waals surface area contributed by atoms with Crippen LogP contribution in [0.4, 0.5) is 13.2 Å². The van der Waals surface area contributed by atoms with Crippen LogP contribution in [0.3, 0.4) is 0 Å². The second kappa shape index (κ2) is 5.73. The van der Waals surface area contributed by atoms with Crippen molar-refractivity contribution in [3.63, 3.8) is 0 Å². The summed E-state index contributed by atoms with van der Waals surface area (Å²) in [6.45, 7) is 0.162. The summed E-state index contributed by atoms with van der Waals surface area (Å²) in [6.07, 6.45) is -1.61. The van der Waals surface area contributed by atoms with Gasteiger partial charge in [-0.2, -0.15) is 13.2 Å². The molecule has 122 valence electrons. The van der Waals surface area contributed by atoms with Gasteiger partial charge in [-0.15, -0.1) is 0 Å². The fraction of sp³-hybridized carbons (Fsp3) is 0.312. The van der Waals surface area contributed by atoms with Crippen molar-refractivity contribution in [3.05, 3.63) is 59.4 Å². The highest BCUT2D eigenvalue weighted by Gasteiger charge is 2.36. The third-order valence-electron chi connectivity index (χ3n) is 4.01. The van der Waals surface area contributed by atoms with Crippen LogP contribution >= 0.6 is 0 Å². The van der Waals surface area contributed by atoms with Gasteiger partial charge in [0.1, 0.15) is 0 Å². The van der Waals surface area contributed by atoms with Crippen LogP contribution in [0.25, 0.3) is 0 Å². The topological polar surface area (TPSA) is 56.3 Å². The summed E-state index contributed by atoms with van der Waals surface area (Å²) in [6, 6.07) is 5.91. The number of halogens is 3. The molecule has 1 aliphatic heterocycles. The first kappa shape index (κ1) is 15.6. The molecule has 0 bridgehead atoms. The Morgan fingerprint density at radius 3 is 2.48 bits per heavy atom. The first-order valence-corrected chi connectivity index (χ1v) is 7.15. The van der Waals surface area contributed by atoms with Gasteiger partial charge in [0.05, 0.1) is 23.3 Å². The Labute approximate surface area is 130 Å². The average Bonchev–Trinajstić information content (AvgIpc) is 3.15. The fourth-order valence-electron chi connectivity index (χ4n) is 2.87. The number of rotatable bonds is 2. The first-order valence-electron chi connectivity index (χ1n) is 7.15. The van der Waals surface area contributed by atoms with E-state index in [1.165, 1.54) is 17.0 Å². The van der Waals surface area contributed by atoms with Crippen LogP contribution in [0, 0.1) is 0 Å². The predicted molar refractivity (Wildman–Crippen MR) is 76.6 cm³/mol. The van der Waals surface area contributed by atoms with Gasteiger partial charge in [0.15, 0.2) is 0 Å². The number of benzene rings is 1. The van der Waals surface area contributed by atoms with Gasteiger partial charge in [-0.25, -0.2) is 0 Å². The van der Waals surface area contributed by atoms with Gasteiger partial charge in [-0.1, -0.05) is 12.1 Å². The van der Waals surface area contributed by atoms with Crippen LogP contribution in [0.15, 0.2) is 42.7 Å². The van der Waals surface area contributed by atoms with E-state index < -0.39 is 23.9 Å². The Hall–Kier alpha value is -2.28. The van der Waals surface area contributed by atoms with Crippen molar-refractivity contribution in [1.29, 1.82) is 0 Å². The lowest BCUT2D eigenvalue weighted by Crippen LogP contribution is -2.31. The van der Waals surface area contributed by atoms with E-state index in [1.54, 1.807) is 18.5 Å². The van der Waals surface area contributed by atoms with Crippen molar-refractivity contribution in [2.45, 2.75) is 24.7 Å². The minimum Gasteiger partial charge on any atom is -0.391 e. The summed E-state index contributed by atoms with van der Waals surface area (Å²) in [7, 11) is 0. The molecule has 1 fully saturated rings. The Kier molecular flexibility index (Phi) is 3.89. The number of alkyl halides is 3. The van der Waals surface area contributed by atoms with Crippen LogP contribution in [0.5, 0.6) is 0 Å². The quantitative estimate of drug-likeness (QED) is 0.892. The second-order valence-electron chi connectivity index (χ2n) is 5.58. The maximum atomic E-state index is 12.6. The van der Waals surface area contributed by atoms with Crippen molar-refractivity contribution >= 4 is 5.91 Å². The highest BCUT2D eigenvalue weighted by atomic mass is 19.4. The number of aliphatic hydroxyl groups excluding tert-OH is 1. The number of carbonyl (C=O) groups is 1. The number of hydrogen-bond donors (Lipinski definition) is 2. The van der Waals surface area contributed by atoms with Crippen LogP contribution in [-0.2, 0) is 6.18 Å². The number of H-pyrrole nitrogens is 1. The molecule has 1 aliphatic rings. The van der Waals surface area contributed by atoms with Gasteiger partial charge >= 0.3 is 6.18 Å². The molecule has 23 heavy (non-hydrogen) atoms. The predicted octanol–water partition coefficient (Wildman–Crippen LogP) is 2.98. The number of aromatic nitrogens is 1. The van der Waals surface area contributed by atoms with Gasteiger partial charge in [0.2, 0.25) is 0 Å². The number of nitrogens with one attached hydrogen (secondary N) is 1. The van der Waals surface area contributed by atoms with E-state index in [-0.39, 0.29) is 12.5 Å². The zero-order valence-electron chi connectivity index (χ0n) is 12.0. The van der Waals surface area contributed by atoms with E-state index in [9.17, 15) is 23.1 Å². The maximum Gasteiger partial charge on any atom is 0.416 e. The Morgan fingerprint density at radius 2 is 1.91 bits per heavy atom. The summed E-state index contributed by atoms with van der Waals surface area (Å²) in [5.74, 6) is -0.257. The summed E-state index contributed by atoms with van der Waals surface area (Å²) in [4.78, 5) is 16.8. The van der Waals surface area contributed by atoms with Crippen molar-refractivity contribution in [2.24, 2.45) is 0 Å². The third-order valence-corrected chi connectivity index (χ3v) is 4.01. The molecule has 0 spiro atoms. The molecule has 0 aliphatic carbocycles. The van der Waals surface area contributed by atoms with E-state index >= 15 is 0 Å². The molecule has 2 atom stereocenters. The lowest BCUT2D eigenvalue weighted by Gasteiger charge is -2.24. The normalized spacial score (nSPS) is 21.7. The summed E-state index contributed by atoms with van der Waals surface area (Å²) < 4.78 is 37.9. The SMILES string of the molecule is O=C(c1cc[nH]c1)N1C[C@H](O)C[C@@H]1c1ccc(C(F)(F)F)cc1. The Morgan fingerprint density at radius 1 is 1.22 bits per heavy atom. The molecule has 1 aromatic heterocycles. The standard InChI is InChI=1S/C16H15F3N2O2/c17-16(18,19)12-3-1-10(2-4-12)14-7-13(22)9-21(14)15(23)11-5-6-20-8-11/h1-6,8,13-14,20,22H,7,9H2/t13-,14-/m1/s1. The smallest absolute Gasteiger partial charge is 0.391 e. The minimum absolute atomic E-state index is 0.162. The largest absolute Gasteiger partial charge is 0.416 e. The van der Waals surface area contributed by atoms with Gasteiger partial charge < -0.3 is 15.0 Å². The molecule has 0 unspecified atom stereocenters. The fourth-order valence-corrected chi connectivity index (χ4v) is 2.87. The second-order valence-corrected chi connectivity index (χ2v) is 5.58. The van der Waals surface area contributed by atoms with Crippen LogP contribution in [-0.4, -0.2) is 33.5 Å². The molecule has 3 rings (SSSR count). The molecule has 1 aromatic carbocycles. The third kappa shape index (κ3) is 3.10. The van der Waals surface area contributed by atoms with E-state index in [1.807, 2.05) is 0 Å². The Bertz CT molecular complexity index is 680. The van der Waals surface area contributed by atoms with Crippen LogP contribution in [0.1, 0.15) is 33.9 Å². The molecule has 2 aromatic rings. The first-order chi connectivity index (χ1) is 10.9. The number of hydrogen-bond acceptors (Lipinski definition) is 2. The minimum atomic E-state index is -4.39. The number of carbonyl (C=O) groups excluding carboxylic acids is 1. The highest BCUT2D eigenvalue weighted by Crippen LogP contribution is 2.35. The molecule has 1 amide bonds. The maximum absolute atomic E-state index is 12.6. The zero-order chi connectivity index (χ0) is 16.6. The Balaban J connectivity index is 1.86. The van der Waals surface area contributed by atoms with E-state index in [2.05, 4.69) is 4.98 Å². The van der Waals surface area contributed by atoms with E-state index in [0.717, 1.165) is 12.1 Å². The molecule has 2 N–H and O–H groups in total. The number of nitrogens with zero attached hydrogens (tertiary/aromatic N) is 1. The molecule has 0 radical (unpaired) electrons. The van der Waals surface area contributed by atoms with Crippen molar-refractivity contribution < 1.29 is 23.1 Å². The van der Waals surface area contributed by atoms with E-state index in [4.69, 9.17) is 0 Å². The van der Waals surface area contributed by atoms with Crippen LogP contribution < -0.4 is 0 Å². The average molecular weight is 324 g/mol. The number of β-amino-alcohol motifs (C(OH)–C–C–N with tert-alkyl or cyclic N) is 1. The number of aliphatic hydroxyl groups is 1. The summed E-state index contributed by atoms with van der Waals surface area (Å²) in [5.41, 5.74) is 0.303. The molecular formula is C16H15F3N2O2.